The van der Waals surface area contributed by atoms with Gasteiger partial charge in [-0.1, -0.05) is 0 Å². The van der Waals surface area contributed by atoms with Crippen molar-refractivity contribution in [3.8, 4) is 0 Å². The van der Waals surface area contributed by atoms with Crippen LogP contribution in [0, 0.1) is 6.92 Å². The molecule has 1 rings (SSSR count). The molecule has 84 valence electrons. The van der Waals surface area contributed by atoms with E-state index in [0.717, 1.165) is 11.3 Å². The van der Waals surface area contributed by atoms with Gasteiger partial charge in [-0.2, -0.15) is 0 Å². The van der Waals surface area contributed by atoms with Gasteiger partial charge in [-0.15, -0.1) is 0 Å². The molecule has 0 unspecified atom stereocenters. The molecule has 3 nitrogen and oxygen atoms in total. The van der Waals surface area contributed by atoms with Crippen LogP contribution in [-0.4, -0.2) is 27.9 Å². The summed E-state index contributed by atoms with van der Waals surface area (Å²) in [5, 5.41) is 18.4. The first kappa shape index (κ1) is 12.1. The predicted molar refractivity (Wildman–Crippen MR) is 59.7 cm³/mol. The summed E-state index contributed by atoms with van der Waals surface area (Å²) in [4.78, 5) is 4.14. The van der Waals surface area contributed by atoms with Crippen molar-refractivity contribution in [1.82, 2.24) is 4.98 Å². The van der Waals surface area contributed by atoms with Gasteiger partial charge in [0.25, 0.3) is 0 Å². The Kier molecular flexibility index (Phi) is 4.72. The van der Waals surface area contributed by atoms with E-state index in [1.54, 1.807) is 13.1 Å². The maximum absolute atomic E-state index is 9.38. The first-order valence-corrected chi connectivity index (χ1v) is 5.35. The third-order valence-corrected chi connectivity index (χ3v) is 2.50. The van der Waals surface area contributed by atoms with Gasteiger partial charge in [-0.05, 0) is 50.3 Å². The molecule has 0 amide bonds. The number of hydrogen-bond donors (Lipinski definition) is 2. The highest BCUT2D eigenvalue weighted by Crippen LogP contribution is 2.24. The third-order valence-electron chi connectivity index (χ3n) is 2.50. The Morgan fingerprint density at radius 2 is 2.20 bits per heavy atom. The second-order valence-corrected chi connectivity index (χ2v) is 4.02. The van der Waals surface area contributed by atoms with Crippen molar-refractivity contribution in [3.05, 3.63) is 29.6 Å². The molecule has 3 heteroatoms. The van der Waals surface area contributed by atoms with Crippen molar-refractivity contribution < 1.29 is 10.2 Å². The van der Waals surface area contributed by atoms with Crippen LogP contribution in [0.3, 0.4) is 0 Å². The number of aliphatic hydroxyl groups excluding tert-OH is 2. The maximum atomic E-state index is 9.38. The molecule has 1 aromatic heterocycles. The van der Waals surface area contributed by atoms with Gasteiger partial charge in [0.05, 0.1) is 6.10 Å². The lowest BCUT2D eigenvalue weighted by atomic mass is 9.91. The molecule has 0 aliphatic carbocycles. The van der Waals surface area contributed by atoms with Crippen LogP contribution < -0.4 is 0 Å². The van der Waals surface area contributed by atoms with E-state index in [1.807, 2.05) is 19.1 Å². The minimum absolute atomic E-state index is 0.152. The molecule has 1 heterocycles. The van der Waals surface area contributed by atoms with Crippen LogP contribution in [0.25, 0.3) is 0 Å². The first-order chi connectivity index (χ1) is 7.13. The Morgan fingerprint density at radius 3 is 2.73 bits per heavy atom. The van der Waals surface area contributed by atoms with Gasteiger partial charge in [-0.3, -0.25) is 4.98 Å². The number of hydrogen-bond acceptors (Lipinski definition) is 3. The highest BCUT2D eigenvalue weighted by molar-refractivity contribution is 5.20. The zero-order valence-electron chi connectivity index (χ0n) is 9.35. The Balaban J connectivity index is 2.78. The molecule has 0 bridgehead atoms. The summed E-state index contributed by atoms with van der Waals surface area (Å²) in [6.45, 7) is 3.87. The Hall–Kier alpha value is -0.930. The maximum Gasteiger partial charge on any atom is 0.0518 e. The van der Waals surface area contributed by atoms with Crippen LogP contribution in [0.15, 0.2) is 18.3 Å². The Bertz CT molecular complexity index is 299. The summed E-state index contributed by atoms with van der Waals surface area (Å²) in [5.74, 6) is 0.219. The topological polar surface area (TPSA) is 53.4 Å². The molecule has 0 radical (unpaired) electrons. The molecule has 0 fully saturated rings. The van der Waals surface area contributed by atoms with Crippen LogP contribution in [0.5, 0.6) is 0 Å². The van der Waals surface area contributed by atoms with E-state index in [1.165, 1.54) is 0 Å². The average Bonchev–Trinajstić information content (AvgIpc) is 2.16. The normalized spacial score (nSPS) is 14.9. The number of nitrogens with zero attached hydrogens (tertiary/aromatic N) is 1. The van der Waals surface area contributed by atoms with Crippen molar-refractivity contribution in [3.63, 3.8) is 0 Å². The fourth-order valence-electron chi connectivity index (χ4n) is 1.81. The lowest BCUT2D eigenvalue weighted by molar-refractivity contribution is 0.165. The Labute approximate surface area is 90.8 Å². The monoisotopic (exact) mass is 209 g/mol. The molecule has 2 N–H and O–H groups in total. The summed E-state index contributed by atoms with van der Waals surface area (Å²) < 4.78 is 0. The molecule has 0 aliphatic rings. The molecular weight excluding hydrogens is 190 g/mol. The molecule has 0 spiro atoms. The quantitative estimate of drug-likeness (QED) is 0.775. The van der Waals surface area contributed by atoms with Gasteiger partial charge in [-0.25, -0.2) is 0 Å². The summed E-state index contributed by atoms with van der Waals surface area (Å²) in [5.41, 5.74) is 2.12. The van der Waals surface area contributed by atoms with Gasteiger partial charge in [0.15, 0.2) is 0 Å². The van der Waals surface area contributed by atoms with E-state index in [0.29, 0.717) is 12.8 Å². The van der Waals surface area contributed by atoms with Crippen LogP contribution >= 0.6 is 0 Å². The van der Waals surface area contributed by atoms with Crippen molar-refractivity contribution in [2.45, 2.75) is 38.7 Å². The second kappa shape index (κ2) is 5.83. The van der Waals surface area contributed by atoms with Crippen LogP contribution in [-0.2, 0) is 0 Å². The molecule has 0 aromatic carbocycles. The van der Waals surface area contributed by atoms with E-state index in [4.69, 9.17) is 5.11 Å². The SMILES string of the molecule is Cc1cc([C@@H](CCO)C[C@@H](C)O)ccn1. The fourth-order valence-corrected chi connectivity index (χ4v) is 1.81. The molecular formula is C12H19NO2. The van der Waals surface area contributed by atoms with Crippen LogP contribution in [0.4, 0.5) is 0 Å². The van der Waals surface area contributed by atoms with Crippen molar-refractivity contribution >= 4 is 0 Å². The van der Waals surface area contributed by atoms with Gasteiger partial charge in [0, 0.05) is 18.5 Å². The molecule has 15 heavy (non-hydrogen) atoms. The summed E-state index contributed by atoms with van der Waals surface area (Å²) in [6, 6.07) is 3.97. The summed E-state index contributed by atoms with van der Waals surface area (Å²) in [6.07, 6.45) is 2.81. The smallest absolute Gasteiger partial charge is 0.0518 e. The van der Waals surface area contributed by atoms with E-state index in [-0.39, 0.29) is 18.6 Å². The highest BCUT2D eigenvalue weighted by Gasteiger charge is 2.13. The minimum Gasteiger partial charge on any atom is -0.396 e. The van der Waals surface area contributed by atoms with Gasteiger partial charge in [0.2, 0.25) is 0 Å². The predicted octanol–water partition coefficient (Wildman–Crippen LogP) is 1.63. The molecule has 0 saturated heterocycles. The minimum atomic E-state index is -0.338. The molecule has 0 aliphatic heterocycles. The summed E-state index contributed by atoms with van der Waals surface area (Å²) in [7, 11) is 0. The number of aromatic nitrogens is 1. The lowest BCUT2D eigenvalue weighted by Gasteiger charge is -2.18. The van der Waals surface area contributed by atoms with E-state index in [9.17, 15) is 5.11 Å². The van der Waals surface area contributed by atoms with Crippen molar-refractivity contribution in [2.24, 2.45) is 0 Å². The zero-order chi connectivity index (χ0) is 11.3. The average molecular weight is 209 g/mol. The summed E-state index contributed by atoms with van der Waals surface area (Å²) >= 11 is 0. The fraction of sp³-hybridized carbons (Fsp3) is 0.583. The molecule has 1 aromatic rings. The van der Waals surface area contributed by atoms with Gasteiger partial charge < -0.3 is 10.2 Å². The van der Waals surface area contributed by atoms with Crippen molar-refractivity contribution in [1.29, 1.82) is 0 Å². The van der Waals surface area contributed by atoms with E-state index >= 15 is 0 Å². The number of rotatable bonds is 5. The van der Waals surface area contributed by atoms with Crippen LogP contribution in [0.1, 0.15) is 36.9 Å². The van der Waals surface area contributed by atoms with E-state index < -0.39 is 0 Å². The largest absolute Gasteiger partial charge is 0.396 e. The standard InChI is InChI=1S/C12H19NO2/c1-9-7-11(3-5-13-9)12(4-6-14)8-10(2)15/h3,5,7,10,12,14-15H,4,6,8H2,1-2H3/t10-,12+/m1/s1. The van der Waals surface area contributed by atoms with Crippen LogP contribution in [0.2, 0.25) is 0 Å². The lowest BCUT2D eigenvalue weighted by Crippen LogP contribution is -2.10. The van der Waals surface area contributed by atoms with Gasteiger partial charge in [0.1, 0.15) is 0 Å². The Morgan fingerprint density at radius 1 is 1.47 bits per heavy atom. The number of pyridine rings is 1. The molecule has 0 saturated carbocycles. The van der Waals surface area contributed by atoms with E-state index in [2.05, 4.69) is 4.98 Å². The second-order valence-electron chi connectivity index (χ2n) is 4.02. The first-order valence-electron chi connectivity index (χ1n) is 5.35. The third kappa shape index (κ3) is 3.98. The zero-order valence-corrected chi connectivity index (χ0v) is 9.35. The van der Waals surface area contributed by atoms with Crippen molar-refractivity contribution in [2.75, 3.05) is 6.61 Å². The number of aryl methyl sites for hydroxylation is 1. The molecule has 2 atom stereocenters. The van der Waals surface area contributed by atoms with Gasteiger partial charge >= 0.3 is 0 Å². The highest BCUT2D eigenvalue weighted by atomic mass is 16.3. The number of aliphatic hydroxyl groups is 2.